The molecular formula is C31H29F3N2O2. The molecular weight excluding hydrogens is 489 g/mol. The minimum Gasteiger partial charge on any atom is -0.406 e. The average molecular weight is 519 g/mol. The van der Waals surface area contributed by atoms with Crippen LogP contribution in [0.1, 0.15) is 58.3 Å². The molecule has 7 heteroatoms. The lowest BCUT2D eigenvalue weighted by molar-refractivity contribution is -0.274. The quantitative estimate of drug-likeness (QED) is 0.397. The Kier molecular flexibility index (Phi) is 7.36. The summed E-state index contributed by atoms with van der Waals surface area (Å²) < 4.78 is 41.2. The Morgan fingerprint density at radius 1 is 1.11 bits per heavy atom. The van der Waals surface area contributed by atoms with Crippen molar-refractivity contribution in [2.75, 3.05) is 0 Å². The van der Waals surface area contributed by atoms with Crippen molar-refractivity contribution < 1.29 is 22.7 Å². The molecule has 5 rings (SSSR count). The van der Waals surface area contributed by atoms with Crippen LogP contribution in [0.4, 0.5) is 13.2 Å². The van der Waals surface area contributed by atoms with Crippen LogP contribution in [0.25, 0.3) is 5.57 Å². The van der Waals surface area contributed by atoms with Crippen LogP contribution >= 0.6 is 0 Å². The van der Waals surface area contributed by atoms with E-state index < -0.39 is 6.36 Å². The number of hydrogen-bond donors (Lipinski definition) is 0. The van der Waals surface area contributed by atoms with Crippen LogP contribution in [-0.4, -0.2) is 29.4 Å². The van der Waals surface area contributed by atoms with Crippen LogP contribution < -0.4 is 4.74 Å². The number of benzene rings is 2. The summed E-state index contributed by atoms with van der Waals surface area (Å²) >= 11 is 0. The predicted molar refractivity (Wildman–Crippen MR) is 143 cm³/mol. The zero-order valence-electron chi connectivity index (χ0n) is 21.2. The summed E-state index contributed by atoms with van der Waals surface area (Å²) in [5, 5.41) is 0. The van der Waals surface area contributed by atoms with Gasteiger partial charge in [-0.15, -0.1) is 13.2 Å². The maximum atomic E-state index is 13.2. The highest BCUT2D eigenvalue weighted by Gasteiger charge is 2.32. The fourth-order valence-corrected chi connectivity index (χ4v) is 5.20. The van der Waals surface area contributed by atoms with Gasteiger partial charge in [0.25, 0.3) is 5.91 Å². The number of amides is 1. The second kappa shape index (κ2) is 10.9. The predicted octanol–water partition coefficient (Wildman–Crippen LogP) is 7.50. The first kappa shape index (κ1) is 25.8. The second-order valence-corrected chi connectivity index (χ2v) is 9.90. The SMILES string of the molecule is Cc1cc(C2=CCCC(CC3=CC=CC=CC3)N=C2)cc2c1C(=O)N(Cc1ccc(OC(F)(F)F)cc1)C2. The Labute approximate surface area is 220 Å². The molecule has 196 valence electrons. The summed E-state index contributed by atoms with van der Waals surface area (Å²) in [6.45, 7) is 2.70. The van der Waals surface area contributed by atoms with E-state index in [0.717, 1.165) is 53.5 Å². The van der Waals surface area contributed by atoms with Crippen LogP contribution in [0, 0.1) is 6.92 Å². The van der Waals surface area contributed by atoms with Crippen molar-refractivity contribution in [3.63, 3.8) is 0 Å². The largest absolute Gasteiger partial charge is 0.573 e. The maximum absolute atomic E-state index is 13.2. The van der Waals surface area contributed by atoms with Gasteiger partial charge in [0.1, 0.15) is 5.75 Å². The number of carbonyl (C=O) groups is 1. The zero-order valence-corrected chi connectivity index (χ0v) is 21.2. The van der Waals surface area contributed by atoms with Crippen molar-refractivity contribution in [3.8, 4) is 5.75 Å². The number of carbonyl (C=O) groups excluding carboxylic acids is 1. The summed E-state index contributed by atoms with van der Waals surface area (Å²) in [6, 6.07) is 10.0. The number of allylic oxidation sites excluding steroid dienone is 7. The van der Waals surface area contributed by atoms with Crippen molar-refractivity contribution >= 4 is 17.7 Å². The van der Waals surface area contributed by atoms with Crippen LogP contribution in [0.15, 0.2) is 83.4 Å². The molecule has 1 aliphatic carbocycles. The van der Waals surface area contributed by atoms with E-state index in [9.17, 15) is 18.0 Å². The molecule has 0 radical (unpaired) electrons. The summed E-state index contributed by atoms with van der Waals surface area (Å²) in [5.74, 6) is -0.346. The number of aryl methyl sites for hydroxylation is 1. The van der Waals surface area contributed by atoms with Gasteiger partial charge in [-0.2, -0.15) is 0 Å². The Morgan fingerprint density at radius 3 is 2.71 bits per heavy atom. The van der Waals surface area contributed by atoms with Crippen molar-refractivity contribution in [1.29, 1.82) is 0 Å². The Balaban J connectivity index is 1.27. The van der Waals surface area contributed by atoms with E-state index in [-0.39, 0.29) is 17.7 Å². The van der Waals surface area contributed by atoms with E-state index >= 15 is 0 Å². The standard InChI is InChI=1S/C31H29F3N2O2/c1-21-15-25(24-9-6-10-27(35-18-24)16-22-7-4-2-3-5-8-22)17-26-20-36(30(37)29(21)26)19-23-11-13-28(14-12-23)38-31(32,33)34/h2-5,7,9,11-15,17-18,27H,6,8,10,16,19-20H2,1H3. The number of ether oxygens (including phenoxy) is 1. The molecule has 0 spiro atoms. The van der Waals surface area contributed by atoms with Crippen LogP contribution in [0.3, 0.4) is 0 Å². The number of aliphatic imine (C=N–C) groups is 1. The smallest absolute Gasteiger partial charge is 0.406 e. The van der Waals surface area contributed by atoms with E-state index in [1.54, 1.807) is 17.0 Å². The summed E-state index contributed by atoms with van der Waals surface area (Å²) in [5.41, 5.74) is 6.81. The normalized spacial score (nSPS) is 19.1. The van der Waals surface area contributed by atoms with Crippen LogP contribution in [0.5, 0.6) is 5.75 Å². The first-order valence-electron chi connectivity index (χ1n) is 12.8. The lowest BCUT2D eigenvalue weighted by Crippen LogP contribution is -2.23. The molecule has 0 fully saturated rings. The van der Waals surface area contributed by atoms with Gasteiger partial charge in [-0.25, -0.2) is 0 Å². The average Bonchev–Trinajstić information content (AvgIpc) is 3.08. The fourth-order valence-electron chi connectivity index (χ4n) is 5.20. The minimum atomic E-state index is -4.73. The van der Waals surface area contributed by atoms with Crippen molar-refractivity contribution in [1.82, 2.24) is 4.90 Å². The van der Waals surface area contributed by atoms with E-state index in [1.165, 1.54) is 17.7 Å². The van der Waals surface area contributed by atoms with Gasteiger partial charge >= 0.3 is 6.36 Å². The van der Waals surface area contributed by atoms with Gasteiger partial charge in [-0.3, -0.25) is 9.79 Å². The zero-order chi connectivity index (χ0) is 26.7. The van der Waals surface area contributed by atoms with Gasteiger partial charge < -0.3 is 9.64 Å². The molecule has 0 N–H and O–H groups in total. The summed E-state index contributed by atoms with van der Waals surface area (Å²) in [7, 11) is 0. The van der Waals surface area contributed by atoms with Crippen molar-refractivity contribution in [3.05, 3.63) is 106 Å². The van der Waals surface area contributed by atoms with Gasteiger partial charge in [0, 0.05) is 24.9 Å². The van der Waals surface area contributed by atoms with Crippen molar-refractivity contribution in [2.24, 2.45) is 4.99 Å². The Hall–Kier alpha value is -3.87. The highest BCUT2D eigenvalue weighted by atomic mass is 19.4. The first-order valence-corrected chi connectivity index (χ1v) is 12.8. The van der Waals surface area contributed by atoms with Gasteiger partial charge in [-0.05, 0) is 78.6 Å². The molecule has 3 aliphatic rings. The Bertz CT molecular complexity index is 1360. The number of hydrogen-bond acceptors (Lipinski definition) is 3. The number of halogens is 3. The number of fused-ring (bicyclic) bond motifs is 1. The van der Waals surface area contributed by atoms with Crippen LogP contribution in [0.2, 0.25) is 0 Å². The lowest BCUT2D eigenvalue weighted by Gasteiger charge is -2.16. The lowest BCUT2D eigenvalue weighted by atomic mass is 9.96. The van der Waals surface area contributed by atoms with Gasteiger partial charge in [0.15, 0.2) is 0 Å². The molecule has 1 unspecified atom stereocenters. The molecule has 0 saturated carbocycles. The second-order valence-electron chi connectivity index (χ2n) is 9.90. The maximum Gasteiger partial charge on any atom is 0.573 e. The molecule has 0 aromatic heterocycles. The van der Waals surface area contributed by atoms with E-state index in [0.29, 0.717) is 18.7 Å². The molecule has 4 nitrogen and oxygen atoms in total. The number of alkyl halides is 3. The summed E-state index contributed by atoms with van der Waals surface area (Å²) in [4.78, 5) is 19.8. The third kappa shape index (κ3) is 6.15. The van der Waals surface area contributed by atoms with Gasteiger partial charge in [0.2, 0.25) is 0 Å². The first-order chi connectivity index (χ1) is 18.2. The number of nitrogens with zero attached hydrogens (tertiary/aromatic N) is 2. The molecule has 2 heterocycles. The molecule has 2 aliphatic heterocycles. The van der Waals surface area contributed by atoms with Crippen LogP contribution in [-0.2, 0) is 13.1 Å². The summed E-state index contributed by atoms with van der Waals surface area (Å²) in [6.07, 6.45) is 13.9. The third-order valence-corrected chi connectivity index (χ3v) is 7.00. The molecule has 1 amide bonds. The highest BCUT2D eigenvalue weighted by molar-refractivity contribution is 6.11. The Morgan fingerprint density at radius 2 is 1.92 bits per heavy atom. The van der Waals surface area contributed by atoms with Crippen molar-refractivity contribution in [2.45, 2.75) is 58.1 Å². The topological polar surface area (TPSA) is 41.9 Å². The highest BCUT2D eigenvalue weighted by Crippen LogP contribution is 2.32. The molecule has 0 bridgehead atoms. The molecule has 38 heavy (non-hydrogen) atoms. The monoisotopic (exact) mass is 518 g/mol. The molecule has 0 saturated heterocycles. The fraction of sp³-hybridized carbons (Fsp3) is 0.290. The molecule has 1 atom stereocenters. The van der Waals surface area contributed by atoms with Gasteiger partial charge in [-0.1, -0.05) is 60.2 Å². The van der Waals surface area contributed by atoms with E-state index in [2.05, 4.69) is 41.2 Å². The minimum absolute atomic E-state index is 0.0666. The molecule has 2 aromatic carbocycles. The number of rotatable bonds is 6. The van der Waals surface area contributed by atoms with E-state index in [4.69, 9.17) is 4.99 Å². The van der Waals surface area contributed by atoms with Gasteiger partial charge in [0.05, 0.1) is 6.04 Å². The third-order valence-electron chi connectivity index (χ3n) is 7.00. The molecule has 2 aromatic rings. The van der Waals surface area contributed by atoms with E-state index in [1.807, 2.05) is 25.3 Å².